The first-order valence-corrected chi connectivity index (χ1v) is 8.07. The van der Waals surface area contributed by atoms with Crippen LogP contribution in [0, 0.1) is 5.82 Å². The maximum Gasteiger partial charge on any atom is 0.242 e. The molecular weight excluding hydrogens is 299 g/mol. The molecule has 3 rings (SSSR count). The van der Waals surface area contributed by atoms with Crippen LogP contribution in [-0.2, 0) is 20.9 Å². The van der Waals surface area contributed by atoms with Gasteiger partial charge in [-0.25, -0.2) is 4.39 Å². The van der Waals surface area contributed by atoms with Gasteiger partial charge in [0.25, 0.3) is 0 Å². The molecule has 2 atom stereocenters. The molecule has 23 heavy (non-hydrogen) atoms. The van der Waals surface area contributed by atoms with Gasteiger partial charge in [-0.05, 0) is 37.0 Å². The smallest absolute Gasteiger partial charge is 0.242 e. The molecule has 1 aromatic carbocycles. The van der Waals surface area contributed by atoms with Crippen LogP contribution in [0.2, 0.25) is 0 Å². The van der Waals surface area contributed by atoms with Gasteiger partial charge in [0.15, 0.2) is 0 Å². The number of likely N-dealkylation sites (tertiary alicyclic amines) is 1. The zero-order valence-electron chi connectivity index (χ0n) is 13.0. The molecule has 2 aliphatic rings. The second-order valence-electron chi connectivity index (χ2n) is 6.09. The van der Waals surface area contributed by atoms with E-state index in [1.54, 1.807) is 17.0 Å². The van der Waals surface area contributed by atoms with Crippen molar-refractivity contribution in [1.29, 1.82) is 0 Å². The van der Waals surface area contributed by atoms with E-state index in [1.807, 2.05) is 0 Å². The number of ether oxygens (including phenoxy) is 1. The lowest BCUT2D eigenvalue weighted by molar-refractivity contribution is -0.136. The lowest BCUT2D eigenvalue weighted by Gasteiger charge is -2.24. The van der Waals surface area contributed by atoms with Gasteiger partial charge >= 0.3 is 0 Å². The Balaban J connectivity index is 1.60. The monoisotopic (exact) mass is 320 g/mol. The van der Waals surface area contributed by atoms with Gasteiger partial charge in [0, 0.05) is 26.1 Å². The SMILES string of the molecule is O=C(NCC1CCCO1)C1CCC(=O)N1Cc1cccc(F)c1. The van der Waals surface area contributed by atoms with E-state index in [4.69, 9.17) is 4.74 Å². The van der Waals surface area contributed by atoms with Crippen LogP contribution in [0.3, 0.4) is 0 Å². The summed E-state index contributed by atoms with van der Waals surface area (Å²) in [5.74, 6) is -0.553. The third-order valence-corrected chi connectivity index (χ3v) is 4.40. The fourth-order valence-corrected chi connectivity index (χ4v) is 3.17. The highest BCUT2D eigenvalue weighted by Crippen LogP contribution is 2.22. The third-order valence-electron chi connectivity index (χ3n) is 4.40. The number of hydrogen-bond donors (Lipinski definition) is 1. The minimum atomic E-state index is -0.479. The van der Waals surface area contributed by atoms with E-state index in [0.717, 1.165) is 19.4 Å². The molecule has 0 radical (unpaired) electrons. The summed E-state index contributed by atoms with van der Waals surface area (Å²) < 4.78 is 18.8. The highest BCUT2D eigenvalue weighted by atomic mass is 19.1. The molecule has 0 saturated carbocycles. The average molecular weight is 320 g/mol. The first kappa shape index (κ1) is 15.9. The molecule has 2 unspecified atom stereocenters. The van der Waals surface area contributed by atoms with E-state index in [0.29, 0.717) is 24.9 Å². The maximum atomic E-state index is 13.3. The summed E-state index contributed by atoms with van der Waals surface area (Å²) in [6.45, 7) is 1.49. The number of nitrogens with zero attached hydrogens (tertiary/aromatic N) is 1. The molecule has 0 aromatic heterocycles. The van der Waals surface area contributed by atoms with E-state index in [9.17, 15) is 14.0 Å². The largest absolute Gasteiger partial charge is 0.376 e. The van der Waals surface area contributed by atoms with Gasteiger partial charge in [0.2, 0.25) is 11.8 Å². The quantitative estimate of drug-likeness (QED) is 0.897. The highest BCUT2D eigenvalue weighted by Gasteiger charge is 2.36. The number of hydrogen-bond acceptors (Lipinski definition) is 3. The molecule has 2 amide bonds. The van der Waals surface area contributed by atoms with Gasteiger partial charge in [-0.3, -0.25) is 9.59 Å². The van der Waals surface area contributed by atoms with E-state index >= 15 is 0 Å². The number of benzene rings is 1. The zero-order valence-corrected chi connectivity index (χ0v) is 13.0. The minimum absolute atomic E-state index is 0.0634. The lowest BCUT2D eigenvalue weighted by Crippen LogP contribution is -2.46. The molecule has 124 valence electrons. The van der Waals surface area contributed by atoms with Crippen LogP contribution >= 0.6 is 0 Å². The summed E-state index contributed by atoms with van der Waals surface area (Å²) in [5, 5.41) is 2.88. The summed E-state index contributed by atoms with van der Waals surface area (Å²) in [4.78, 5) is 26.0. The molecule has 2 heterocycles. The Kier molecular flexibility index (Phi) is 4.91. The van der Waals surface area contributed by atoms with Crippen LogP contribution < -0.4 is 5.32 Å². The number of carbonyl (C=O) groups excluding carboxylic acids is 2. The van der Waals surface area contributed by atoms with Crippen LogP contribution in [0.5, 0.6) is 0 Å². The van der Waals surface area contributed by atoms with Crippen molar-refractivity contribution in [2.75, 3.05) is 13.2 Å². The van der Waals surface area contributed by atoms with Crippen LogP contribution in [-0.4, -0.2) is 42.0 Å². The van der Waals surface area contributed by atoms with Crippen LogP contribution in [0.4, 0.5) is 4.39 Å². The molecule has 2 fully saturated rings. The Morgan fingerprint density at radius 3 is 3.00 bits per heavy atom. The van der Waals surface area contributed by atoms with Crippen LogP contribution in [0.15, 0.2) is 24.3 Å². The predicted octanol–water partition coefficient (Wildman–Crippen LogP) is 1.61. The average Bonchev–Trinajstić information content (AvgIpc) is 3.16. The van der Waals surface area contributed by atoms with Crippen molar-refractivity contribution >= 4 is 11.8 Å². The summed E-state index contributed by atoms with van der Waals surface area (Å²) in [6, 6.07) is 5.65. The Morgan fingerprint density at radius 1 is 1.39 bits per heavy atom. The van der Waals surface area contributed by atoms with Crippen molar-refractivity contribution in [2.24, 2.45) is 0 Å². The summed E-state index contributed by atoms with van der Waals surface area (Å²) in [5.41, 5.74) is 0.692. The molecule has 1 N–H and O–H groups in total. The second kappa shape index (κ2) is 7.08. The number of carbonyl (C=O) groups is 2. The highest BCUT2D eigenvalue weighted by molar-refractivity contribution is 5.90. The minimum Gasteiger partial charge on any atom is -0.376 e. The zero-order chi connectivity index (χ0) is 16.2. The van der Waals surface area contributed by atoms with Crippen molar-refractivity contribution < 1.29 is 18.7 Å². The fourth-order valence-electron chi connectivity index (χ4n) is 3.17. The molecule has 5 nitrogen and oxygen atoms in total. The summed E-state index contributed by atoms with van der Waals surface area (Å²) in [7, 11) is 0. The van der Waals surface area contributed by atoms with Crippen LogP contribution in [0.1, 0.15) is 31.2 Å². The van der Waals surface area contributed by atoms with Gasteiger partial charge in [-0.2, -0.15) is 0 Å². The number of amides is 2. The van der Waals surface area contributed by atoms with Crippen molar-refractivity contribution in [3.05, 3.63) is 35.6 Å². The fraction of sp³-hybridized carbons (Fsp3) is 0.529. The molecule has 6 heteroatoms. The molecule has 0 bridgehead atoms. The Hall–Kier alpha value is -1.95. The van der Waals surface area contributed by atoms with Crippen molar-refractivity contribution in [3.8, 4) is 0 Å². The predicted molar refractivity (Wildman–Crippen MR) is 82.0 cm³/mol. The number of rotatable bonds is 5. The summed E-state index contributed by atoms with van der Waals surface area (Å²) in [6.07, 6.45) is 2.91. The van der Waals surface area contributed by atoms with E-state index < -0.39 is 6.04 Å². The maximum absolute atomic E-state index is 13.3. The van der Waals surface area contributed by atoms with Gasteiger partial charge in [0.05, 0.1) is 6.10 Å². The molecule has 2 aliphatic heterocycles. The van der Waals surface area contributed by atoms with Gasteiger partial charge in [-0.15, -0.1) is 0 Å². The molecule has 0 spiro atoms. The number of nitrogens with one attached hydrogen (secondary N) is 1. The van der Waals surface area contributed by atoms with Gasteiger partial charge in [-0.1, -0.05) is 12.1 Å². The number of halogens is 1. The van der Waals surface area contributed by atoms with Crippen molar-refractivity contribution in [2.45, 2.75) is 44.4 Å². The van der Waals surface area contributed by atoms with E-state index in [1.165, 1.54) is 12.1 Å². The summed E-state index contributed by atoms with van der Waals surface area (Å²) >= 11 is 0. The first-order valence-electron chi connectivity index (χ1n) is 8.07. The first-order chi connectivity index (χ1) is 11.1. The molecule has 2 saturated heterocycles. The van der Waals surface area contributed by atoms with Gasteiger partial charge in [0.1, 0.15) is 11.9 Å². The Labute approximate surface area is 134 Å². The molecule has 1 aromatic rings. The third kappa shape index (κ3) is 3.88. The van der Waals surface area contributed by atoms with Crippen LogP contribution in [0.25, 0.3) is 0 Å². The molecule has 0 aliphatic carbocycles. The normalized spacial score (nSPS) is 24.2. The van der Waals surface area contributed by atoms with Crippen molar-refractivity contribution in [1.82, 2.24) is 10.2 Å². The Morgan fingerprint density at radius 2 is 2.26 bits per heavy atom. The van der Waals surface area contributed by atoms with Crippen molar-refractivity contribution in [3.63, 3.8) is 0 Å². The lowest BCUT2D eigenvalue weighted by atomic mass is 10.1. The molecular formula is C17H21FN2O3. The second-order valence-corrected chi connectivity index (χ2v) is 6.09. The van der Waals surface area contributed by atoms with E-state index in [-0.39, 0.29) is 30.3 Å². The van der Waals surface area contributed by atoms with E-state index in [2.05, 4.69) is 5.32 Å². The Bertz CT molecular complexity index is 587. The standard InChI is InChI=1S/C17H21FN2O3/c18-13-4-1-3-12(9-13)11-20-15(6-7-16(20)21)17(22)19-10-14-5-2-8-23-14/h1,3-4,9,14-15H,2,5-8,10-11H2,(H,19,22). The topological polar surface area (TPSA) is 58.6 Å². The van der Waals surface area contributed by atoms with Gasteiger partial charge < -0.3 is 15.0 Å².